The van der Waals surface area contributed by atoms with E-state index in [0.29, 0.717) is 24.0 Å². The second-order valence-corrected chi connectivity index (χ2v) is 4.51. The van der Waals surface area contributed by atoms with Crippen molar-refractivity contribution in [1.29, 1.82) is 0 Å². The highest BCUT2D eigenvalue weighted by atomic mass is 35.5. The number of ether oxygens (including phenoxy) is 2. The van der Waals surface area contributed by atoms with Gasteiger partial charge in [0, 0.05) is 0 Å². The molecule has 0 spiro atoms. The van der Waals surface area contributed by atoms with E-state index in [4.69, 9.17) is 21.1 Å². The Kier molecular flexibility index (Phi) is 4.51. The maximum atomic E-state index is 6.16. The highest BCUT2D eigenvalue weighted by molar-refractivity contribution is 6.32. The van der Waals surface area contributed by atoms with E-state index < -0.39 is 0 Å². The fourth-order valence-corrected chi connectivity index (χ4v) is 2.13. The molecule has 94 valence electrons. The molecule has 17 heavy (non-hydrogen) atoms. The summed E-state index contributed by atoms with van der Waals surface area (Å²) in [6, 6.07) is 3.98. The molecule has 0 amide bonds. The summed E-state index contributed by atoms with van der Waals surface area (Å²) in [6.45, 7) is 5.35. The molecule has 1 aromatic carbocycles. The molecule has 2 rings (SSSR count). The van der Waals surface area contributed by atoms with E-state index in [1.54, 1.807) is 0 Å². The van der Waals surface area contributed by atoms with Crippen molar-refractivity contribution < 1.29 is 9.47 Å². The first-order valence-corrected chi connectivity index (χ1v) is 6.48. The van der Waals surface area contributed by atoms with Crippen LogP contribution in [-0.4, -0.2) is 26.3 Å². The number of halogens is 1. The molecule has 0 saturated carbocycles. The molecule has 0 saturated heterocycles. The average Bonchev–Trinajstić information content (AvgIpc) is 2.35. The minimum absolute atomic E-state index is 0.574. The van der Waals surface area contributed by atoms with Crippen LogP contribution in [0.15, 0.2) is 12.1 Å². The van der Waals surface area contributed by atoms with Crippen LogP contribution in [0.25, 0.3) is 0 Å². The van der Waals surface area contributed by atoms with E-state index in [1.165, 1.54) is 5.56 Å². The van der Waals surface area contributed by atoms with Crippen LogP contribution in [-0.2, 0) is 6.42 Å². The van der Waals surface area contributed by atoms with E-state index in [1.807, 2.05) is 12.1 Å². The van der Waals surface area contributed by atoms with Crippen LogP contribution in [0.5, 0.6) is 11.5 Å². The zero-order chi connectivity index (χ0) is 12.1. The van der Waals surface area contributed by atoms with Crippen LogP contribution in [0, 0.1) is 0 Å². The first kappa shape index (κ1) is 12.5. The lowest BCUT2D eigenvalue weighted by molar-refractivity contribution is 0.171. The molecule has 0 aliphatic carbocycles. The van der Waals surface area contributed by atoms with Gasteiger partial charge in [-0.2, -0.15) is 0 Å². The SMILES string of the molecule is CCCNCCc1cc(Cl)c2c(c1)OCCO2. The molecule has 0 unspecified atom stereocenters. The number of rotatable bonds is 5. The maximum Gasteiger partial charge on any atom is 0.179 e. The summed E-state index contributed by atoms with van der Waals surface area (Å²) in [6.07, 6.45) is 2.11. The lowest BCUT2D eigenvalue weighted by Gasteiger charge is -2.20. The van der Waals surface area contributed by atoms with Gasteiger partial charge in [-0.15, -0.1) is 0 Å². The third kappa shape index (κ3) is 3.27. The van der Waals surface area contributed by atoms with Crippen molar-refractivity contribution in [3.8, 4) is 11.5 Å². The van der Waals surface area contributed by atoms with Crippen molar-refractivity contribution in [2.45, 2.75) is 19.8 Å². The molecule has 1 heterocycles. The number of benzene rings is 1. The molecule has 0 aromatic heterocycles. The Labute approximate surface area is 107 Å². The summed E-state index contributed by atoms with van der Waals surface area (Å²) < 4.78 is 11.0. The molecule has 0 fully saturated rings. The first-order valence-electron chi connectivity index (χ1n) is 6.10. The van der Waals surface area contributed by atoms with Gasteiger partial charge in [0.15, 0.2) is 11.5 Å². The molecule has 4 heteroatoms. The van der Waals surface area contributed by atoms with Crippen LogP contribution in [0.1, 0.15) is 18.9 Å². The van der Waals surface area contributed by atoms with Crippen molar-refractivity contribution in [3.05, 3.63) is 22.7 Å². The summed E-state index contributed by atoms with van der Waals surface area (Å²) in [5, 5.41) is 4.01. The molecule has 0 atom stereocenters. The Morgan fingerprint density at radius 2 is 2.06 bits per heavy atom. The summed E-state index contributed by atoms with van der Waals surface area (Å²) in [5.74, 6) is 1.46. The van der Waals surface area contributed by atoms with Gasteiger partial charge in [-0.3, -0.25) is 0 Å². The van der Waals surface area contributed by atoms with Crippen molar-refractivity contribution in [1.82, 2.24) is 5.32 Å². The fourth-order valence-electron chi connectivity index (χ4n) is 1.84. The van der Waals surface area contributed by atoms with Gasteiger partial charge in [-0.05, 0) is 43.6 Å². The van der Waals surface area contributed by atoms with E-state index >= 15 is 0 Å². The molecule has 1 aromatic rings. The van der Waals surface area contributed by atoms with Crippen LogP contribution < -0.4 is 14.8 Å². The number of nitrogens with one attached hydrogen (secondary N) is 1. The topological polar surface area (TPSA) is 30.5 Å². The predicted molar refractivity (Wildman–Crippen MR) is 69.3 cm³/mol. The van der Waals surface area contributed by atoms with Gasteiger partial charge in [0.1, 0.15) is 13.2 Å². The Bertz CT molecular complexity index is 382. The fraction of sp³-hybridized carbons (Fsp3) is 0.538. The molecule has 1 aliphatic heterocycles. The van der Waals surface area contributed by atoms with E-state index in [2.05, 4.69) is 12.2 Å². The number of hydrogen-bond donors (Lipinski definition) is 1. The molecule has 0 bridgehead atoms. The van der Waals surface area contributed by atoms with Crippen molar-refractivity contribution >= 4 is 11.6 Å². The summed E-state index contributed by atoms with van der Waals surface area (Å²) in [7, 11) is 0. The minimum atomic E-state index is 0.574. The largest absolute Gasteiger partial charge is 0.486 e. The Hall–Kier alpha value is -0.930. The number of fused-ring (bicyclic) bond motifs is 1. The first-order chi connectivity index (χ1) is 8.31. The highest BCUT2D eigenvalue weighted by Crippen LogP contribution is 2.38. The highest BCUT2D eigenvalue weighted by Gasteiger charge is 2.16. The minimum Gasteiger partial charge on any atom is -0.486 e. The predicted octanol–water partition coefficient (Wildman–Crippen LogP) is 2.65. The van der Waals surface area contributed by atoms with Gasteiger partial charge >= 0.3 is 0 Å². The Morgan fingerprint density at radius 3 is 2.88 bits per heavy atom. The molecular weight excluding hydrogens is 238 g/mol. The van der Waals surface area contributed by atoms with Gasteiger partial charge in [-0.25, -0.2) is 0 Å². The molecule has 0 radical (unpaired) electrons. The smallest absolute Gasteiger partial charge is 0.179 e. The van der Waals surface area contributed by atoms with E-state index in [9.17, 15) is 0 Å². The van der Waals surface area contributed by atoms with E-state index in [0.717, 1.165) is 31.7 Å². The third-order valence-electron chi connectivity index (χ3n) is 2.67. The zero-order valence-corrected chi connectivity index (χ0v) is 10.8. The van der Waals surface area contributed by atoms with Gasteiger partial charge in [-0.1, -0.05) is 18.5 Å². The molecular formula is C13H18ClNO2. The standard InChI is InChI=1S/C13H18ClNO2/c1-2-4-15-5-3-10-8-11(14)13-12(9-10)16-6-7-17-13/h8-9,15H,2-7H2,1H3. The van der Waals surface area contributed by atoms with Crippen molar-refractivity contribution in [3.63, 3.8) is 0 Å². The Balaban J connectivity index is 2.01. The molecule has 3 nitrogen and oxygen atoms in total. The van der Waals surface area contributed by atoms with Gasteiger partial charge in [0.2, 0.25) is 0 Å². The van der Waals surface area contributed by atoms with Crippen LogP contribution in [0.4, 0.5) is 0 Å². The van der Waals surface area contributed by atoms with Gasteiger partial charge < -0.3 is 14.8 Å². The lowest BCUT2D eigenvalue weighted by Crippen LogP contribution is -2.18. The second-order valence-electron chi connectivity index (χ2n) is 4.10. The summed E-state index contributed by atoms with van der Waals surface area (Å²) >= 11 is 6.16. The summed E-state index contributed by atoms with van der Waals surface area (Å²) in [5.41, 5.74) is 1.18. The second kappa shape index (κ2) is 6.12. The van der Waals surface area contributed by atoms with Gasteiger partial charge in [0.05, 0.1) is 5.02 Å². The number of hydrogen-bond acceptors (Lipinski definition) is 3. The maximum absolute atomic E-state index is 6.16. The quantitative estimate of drug-likeness (QED) is 0.821. The lowest BCUT2D eigenvalue weighted by atomic mass is 10.1. The average molecular weight is 256 g/mol. The van der Waals surface area contributed by atoms with Crippen LogP contribution in [0.3, 0.4) is 0 Å². The summed E-state index contributed by atoms with van der Waals surface area (Å²) in [4.78, 5) is 0. The normalized spacial score (nSPS) is 13.8. The third-order valence-corrected chi connectivity index (χ3v) is 2.95. The molecule has 1 N–H and O–H groups in total. The van der Waals surface area contributed by atoms with Gasteiger partial charge in [0.25, 0.3) is 0 Å². The van der Waals surface area contributed by atoms with Crippen molar-refractivity contribution in [2.24, 2.45) is 0 Å². The van der Waals surface area contributed by atoms with E-state index in [-0.39, 0.29) is 0 Å². The zero-order valence-electron chi connectivity index (χ0n) is 10.1. The van der Waals surface area contributed by atoms with Crippen LogP contribution >= 0.6 is 11.6 Å². The van der Waals surface area contributed by atoms with Crippen LogP contribution in [0.2, 0.25) is 5.02 Å². The molecule has 1 aliphatic rings. The van der Waals surface area contributed by atoms with Crippen molar-refractivity contribution in [2.75, 3.05) is 26.3 Å². The Morgan fingerprint density at radius 1 is 1.24 bits per heavy atom. The monoisotopic (exact) mass is 255 g/mol.